The average molecular weight is 427 g/mol. The van der Waals surface area contributed by atoms with Crippen molar-refractivity contribution < 1.29 is 25.2 Å². The molecule has 7 nitrogen and oxygen atoms in total. The zero-order valence-corrected chi connectivity index (χ0v) is 16.3. The Labute approximate surface area is 167 Å². The molecule has 4 aromatic rings. The molecule has 0 atom stereocenters. The van der Waals surface area contributed by atoms with E-state index in [1.807, 2.05) is 48.5 Å². The minimum absolute atomic E-state index is 0.00509. The molecule has 1 heterocycles. The Kier molecular flexibility index (Phi) is 3.82. The minimum Gasteiger partial charge on any atom is -0.369 e. The third kappa shape index (κ3) is 3.09. The fraction of sp³-hybridized carbons (Fsp3) is 0. The number of nitrogens with one attached hydrogen (secondary N) is 1. The van der Waals surface area contributed by atoms with E-state index in [0.29, 0.717) is 21.9 Å². The first kappa shape index (κ1) is 17.9. The van der Waals surface area contributed by atoms with Crippen molar-refractivity contribution in [3.8, 4) is 22.6 Å². The Hall–Kier alpha value is -3.14. The van der Waals surface area contributed by atoms with E-state index in [1.165, 1.54) is 16.3 Å². The maximum absolute atomic E-state index is 12.3. The molecule has 1 aliphatic rings. The van der Waals surface area contributed by atoms with Crippen LogP contribution < -0.4 is 12.5 Å². The van der Waals surface area contributed by atoms with Crippen LogP contribution in [0.3, 0.4) is 0 Å². The van der Waals surface area contributed by atoms with Crippen molar-refractivity contribution in [2.45, 2.75) is 0 Å². The summed E-state index contributed by atoms with van der Waals surface area (Å²) >= 11 is 0. The predicted molar refractivity (Wildman–Crippen MR) is 109 cm³/mol. The lowest BCUT2D eigenvalue weighted by Crippen LogP contribution is -2.36. The largest absolute Gasteiger partial charge is 0.398 e. The van der Waals surface area contributed by atoms with Gasteiger partial charge >= 0.3 is 20.6 Å². The van der Waals surface area contributed by atoms with Gasteiger partial charge in [-0.2, -0.15) is 16.8 Å². The van der Waals surface area contributed by atoms with Crippen LogP contribution >= 0.6 is 0 Å². The van der Waals surface area contributed by atoms with Crippen LogP contribution in [-0.4, -0.2) is 16.8 Å². The predicted octanol–water partition coefficient (Wildman–Crippen LogP) is 3.51. The fourth-order valence-electron chi connectivity index (χ4n) is 3.55. The second kappa shape index (κ2) is 6.18. The van der Waals surface area contributed by atoms with Crippen LogP contribution in [0, 0.1) is 0 Å². The van der Waals surface area contributed by atoms with Crippen molar-refractivity contribution in [2.75, 3.05) is 0 Å². The van der Waals surface area contributed by atoms with Gasteiger partial charge in [-0.25, -0.2) is 0 Å². The summed E-state index contributed by atoms with van der Waals surface area (Å²) in [6, 6.07) is 21.1. The molecule has 0 fully saturated rings. The van der Waals surface area contributed by atoms with E-state index in [0.717, 1.165) is 10.8 Å². The van der Waals surface area contributed by atoms with Gasteiger partial charge in [0.15, 0.2) is 11.5 Å². The van der Waals surface area contributed by atoms with Crippen LogP contribution in [-0.2, 0) is 20.6 Å². The van der Waals surface area contributed by atoms with Gasteiger partial charge in [0.05, 0.1) is 0 Å². The minimum atomic E-state index is -4.69. The molecule has 5 rings (SSSR count). The zero-order valence-electron chi connectivity index (χ0n) is 14.7. The highest BCUT2D eigenvalue weighted by Crippen LogP contribution is 2.46. The number of benzene rings is 4. The molecule has 0 radical (unpaired) electrons. The molecular weight excluding hydrogens is 414 g/mol. The molecule has 146 valence electrons. The fourth-order valence-corrected chi connectivity index (χ4v) is 5.58. The second-order valence-electron chi connectivity index (χ2n) is 6.48. The molecule has 0 saturated carbocycles. The smallest absolute Gasteiger partial charge is 0.369 e. The molecule has 0 unspecified atom stereocenters. The highest BCUT2D eigenvalue weighted by Gasteiger charge is 2.31. The van der Waals surface area contributed by atoms with Gasteiger partial charge in [-0.3, -0.25) is 0 Å². The Morgan fingerprint density at radius 2 is 0.966 bits per heavy atom. The molecule has 0 bridgehead atoms. The van der Waals surface area contributed by atoms with Gasteiger partial charge in [-0.1, -0.05) is 60.7 Å². The summed E-state index contributed by atoms with van der Waals surface area (Å²) in [6.45, 7) is 0. The molecule has 1 aliphatic heterocycles. The molecule has 1 N–H and O–H groups in total. The molecular formula is C20H13NO6S2. The Balaban J connectivity index is 2.01. The topological polar surface area (TPSA) is 98.8 Å². The third-order valence-corrected chi connectivity index (χ3v) is 7.07. The van der Waals surface area contributed by atoms with Gasteiger partial charge in [0, 0.05) is 11.1 Å². The van der Waals surface area contributed by atoms with Crippen LogP contribution in [0.25, 0.3) is 32.7 Å². The van der Waals surface area contributed by atoms with Gasteiger partial charge in [-0.05, 0) is 37.8 Å². The summed E-state index contributed by atoms with van der Waals surface area (Å²) < 4.78 is 61.0. The number of hydrogen-bond acceptors (Lipinski definition) is 6. The van der Waals surface area contributed by atoms with E-state index in [-0.39, 0.29) is 11.5 Å². The van der Waals surface area contributed by atoms with Crippen molar-refractivity contribution in [1.82, 2.24) is 4.13 Å². The summed E-state index contributed by atoms with van der Waals surface area (Å²) in [4.78, 5) is 0. The van der Waals surface area contributed by atoms with Gasteiger partial charge < -0.3 is 8.37 Å². The van der Waals surface area contributed by atoms with Crippen molar-refractivity contribution in [2.24, 2.45) is 0 Å². The maximum Gasteiger partial charge on any atom is 0.398 e. The van der Waals surface area contributed by atoms with E-state index >= 15 is 0 Å². The monoisotopic (exact) mass is 427 g/mol. The number of rotatable bonds is 0. The molecule has 0 amide bonds. The van der Waals surface area contributed by atoms with Crippen LogP contribution in [0.2, 0.25) is 0 Å². The van der Waals surface area contributed by atoms with Crippen LogP contribution in [0.5, 0.6) is 11.5 Å². The van der Waals surface area contributed by atoms with Crippen molar-refractivity contribution >= 4 is 42.2 Å². The van der Waals surface area contributed by atoms with E-state index < -0.39 is 20.6 Å². The van der Waals surface area contributed by atoms with Gasteiger partial charge in [0.25, 0.3) is 0 Å². The lowest BCUT2D eigenvalue weighted by molar-refractivity contribution is 0.464. The molecule has 4 aromatic carbocycles. The quantitative estimate of drug-likeness (QED) is 0.461. The highest BCUT2D eigenvalue weighted by atomic mass is 32.3. The maximum atomic E-state index is 12.3. The Morgan fingerprint density at radius 3 is 1.41 bits per heavy atom. The molecule has 0 aliphatic carbocycles. The SMILES string of the molecule is O=S1(=O)NS(=O)(=O)Oc2ccc3ccccc3c2-c2c(ccc3ccccc23)O1. The van der Waals surface area contributed by atoms with E-state index in [9.17, 15) is 16.8 Å². The van der Waals surface area contributed by atoms with E-state index in [1.54, 1.807) is 12.1 Å². The number of fused-ring (bicyclic) bond motifs is 7. The van der Waals surface area contributed by atoms with Crippen molar-refractivity contribution in [3.63, 3.8) is 0 Å². The lowest BCUT2D eigenvalue weighted by atomic mass is 9.92. The Bertz CT molecular complexity index is 1400. The van der Waals surface area contributed by atoms with Crippen molar-refractivity contribution in [3.05, 3.63) is 72.8 Å². The van der Waals surface area contributed by atoms with Crippen LogP contribution in [0.1, 0.15) is 0 Å². The van der Waals surface area contributed by atoms with Gasteiger partial charge in [-0.15, -0.1) is 0 Å². The summed E-state index contributed by atoms with van der Waals surface area (Å²) in [7, 11) is -9.38. The molecule has 0 aromatic heterocycles. The lowest BCUT2D eigenvalue weighted by Gasteiger charge is -2.16. The van der Waals surface area contributed by atoms with Crippen molar-refractivity contribution in [1.29, 1.82) is 0 Å². The molecule has 0 spiro atoms. The Morgan fingerprint density at radius 1 is 0.552 bits per heavy atom. The average Bonchev–Trinajstić information content (AvgIpc) is 2.70. The highest BCUT2D eigenvalue weighted by molar-refractivity contribution is 8.00. The summed E-state index contributed by atoms with van der Waals surface area (Å²) in [5.74, 6) is -0.0102. The molecule has 29 heavy (non-hydrogen) atoms. The number of hydrogen-bond donors (Lipinski definition) is 1. The van der Waals surface area contributed by atoms with Crippen LogP contribution in [0.4, 0.5) is 0 Å². The standard InChI is InChI=1S/C20H13NO6S2/c22-28(23)21-29(24,25)27-18-12-10-14-6-2-4-8-16(14)20(18)19-15-7-3-1-5-13(15)9-11-17(19)26-28/h1-12,21H. The van der Waals surface area contributed by atoms with Crippen LogP contribution in [0.15, 0.2) is 72.8 Å². The molecule has 9 heteroatoms. The first-order valence-corrected chi connectivity index (χ1v) is 11.4. The zero-order chi connectivity index (χ0) is 20.2. The van der Waals surface area contributed by atoms with Gasteiger partial charge in [0.1, 0.15) is 0 Å². The first-order valence-electron chi connectivity index (χ1n) is 8.54. The normalized spacial score (nSPS) is 17.1. The van der Waals surface area contributed by atoms with E-state index in [2.05, 4.69) is 0 Å². The summed E-state index contributed by atoms with van der Waals surface area (Å²) in [5.41, 5.74) is 0.856. The molecule has 0 saturated heterocycles. The van der Waals surface area contributed by atoms with Gasteiger partial charge in [0.2, 0.25) is 0 Å². The summed E-state index contributed by atoms with van der Waals surface area (Å²) in [5, 5.41) is 3.06. The third-order valence-electron chi connectivity index (χ3n) is 4.63. The summed E-state index contributed by atoms with van der Waals surface area (Å²) in [6.07, 6.45) is 0. The first-order chi connectivity index (χ1) is 13.8. The second-order valence-corrected chi connectivity index (χ2v) is 9.29. The van der Waals surface area contributed by atoms with E-state index in [4.69, 9.17) is 8.37 Å².